The van der Waals surface area contributed by atoms with Gasteiger partial charge in [-0.15, -0.1) is 0 Å². The van der Waals surface area contributed by atoms with Gasteiger partial charge in [0.2, 0.25) is 10.0 Å². The molecule has 1 rings (SSSR count). The van der Waals surface area contributed by atoms with Gasteiger partial charge in [-0.3, -0.25) is 0 Å². The Hall–Kier alpha value is -0.100. The third-order valence-electron chi connectivity index (χ3n) is 1.66. The van der Waals surface area contributed by atoms with Crippen molar-refractivity contribution in [1.82, 2.24) is 4.31 Å². The Morgan fingerprint density at radius 2 is 1.93 bits per heavy atom. The molecule has 0 unspecified atom stereocenters. The highest BCUT2D eigenvalue weighted by atomic mass is 79.9. The lowest BCUT2D eigenvalue weighted by Gasteiger charge is -2.13. The van der Waals surface area contributed by atoms with Gasteiger partial charge >= 0.3 is 0 Å². The fourth-order valence-electron chi connectivity index (χ4n) is 0.912. The lowest BCUT2D eigenvalue weighted by atomic mass is 10.4. The summed E-state index contributed by atoms with van der Waals surface area (Å²) < 4.78 is 25.2. The molecule has 0 saturated carbocycles. The molecule has 0 aliphatic rings. The number of hydrogen-bond acceptors (Lipinski definition) is 2. The minimum absolute atomic E-state index is 0.103. The molecule has 14 heavy (non-hydrogen) atoms. The zero-order valence-electron chi connectivity index (χ0n) is 7.66. The van der Waals surface area contributed by atoms with Crippen molar-refractivity contribution >= 4 is 37.6 Å². The third kappa shape index (κ3) is 2.11. The summed E-state index contributed by atoms with van der Waals surface area (Å²) in [5.74, 6) is 0. The average molecular weight is 299 g/mol. The number of rotatable bonds is 2. The Kier molecular flexibility index (Phi) is 3.58. The van der Waals surface area contributed by atoms with Crippen molar-refractivity contribution in [3.8, 4) is 0 Å². The maximum Gasteiger partial charge on any atom is 0.245 e. The van der Waals surface area contributed by atoms with Crippen LogP contribution in [0.15, 0.2) is 27.6 Å². The van der Waals surface area contributed by atoms with Gasteiger partial charge in [-0.1, -0.05) is 17.7 Å². The van der Waals surface area contributed by atoms with E-state index in [9.17, 15) is 8.42 Å². The maximum absolute atomic E-state index is 11.8. The fraction of sp³-hybridized carbons (Fsp3) is 0.250. The molecule has 78 valence electrons. The summed E-state index contributed by atoms with van der Waals surface area (Å²) in [4.78, 5) is 0.103. The first-order valence-corrected chi connectivity index (χ1v) is 6.35. The van der Waals surface area contributed by atoms with E-state index in [4.69, 9.17) is 11.6 Å². The van der Waals surface area contributed by atoms with E-state index in [0.717, 1.165) is 4.31 Å². The Morgan fingerprint density at radius 3 is 2.36 bits per heavy atom. The van der Waals surface area contributed by atoms with Crippen molar-refractivity contribution in [2.24, 2.45) is 0 Å². The van der Waals surface area contributed by atoms with Crippen molar-refractivity contribution in [1.29, 1.82) is 0 Å². The predicted octanol–water partition coefficient (Wildman–Crippen LogP) is 2.35. The summed E-state index contributed by atoms with van der Waals surface area (Å²) in [6.07, 6.45) is 0. The smallest absolute Gasteiger partial charge is 0.207 e. The Balaban J connectivity index is 3.48. The number of halogens is 2. The average Bonchev–Trinajstić information content (AvgIpc) is 2.02. The third-order valence-corrected chi connectivity index (χ3v) is 4.93. The van der Waals surface area contributed by atoms with Gasteiger partial charge in [-0.25, -0.2) is 12.7 Å². The highest BCUT2D eigenvalue weighted by Crippen LogP contribution is 2.30. The van der Waals surface area contributed by atoms with Crippen molar-refractivity contribution in [2.75, 3.05) is 14.1 Å². The van der Waals surface area contributed by atoms with Gasteiger partial charge in [-0.2, -0.15) is 0 Å². The van der Waals surface area contributed by atoms with Crippen LogP contribution in [0.3, 0.4) is 0 Å². The molecule has 0 fully saturated rings. The van der Waals surface area contributed by atoms with Gasteiger partial charge in [0, 0.05) is 18.6 Å². The zero-order valence-corrected chi connectivity index (χ0v) is 10.8. The number of nitrogens with zero attached hydrogens (tertiary/aromatic N) is 1. The SMILES string of the molecule is CN(C)S(=O)(=O)c1c(Cl)cccc1Br. The first-order valence-electron chi connectivity index (χ1n) is 3.74. The molecule has 3 nitrogen and oxygen atoms in total. The molecule has 0 heterocycles. The van der Waals surface area contributed by atoms with Crippen molar-refractivity contribution in [3.63, 3.8) is 0 Å². The molecule has 0 atom stereocenters. The highest BCUT2D eigenvalue weighted by molar-refractivity contribution is 9.10. The topological polar surface area (TPSA) is 37.4 Å². The number of hydrogen-bond donors (Lipinski definition) is 0. The monoisotopic (exact) mass is 297 g/mol. The normalized spacial score (nSPS) is 12.1. The summed E-state index contributed by atoms with van der Waals surface area (Å²) in [5, 5.41) is 0.216. The molecule has 0 saturated heterocycles. The lowest BCUT2D eigenvalue weighted by molar-refractivity contribution is 0.520. The van der Waals surface area contributed by atoms with Crippen molar-refractivity contribution in [2.45, 2.75) is 4.90 Å². The second-order valence-corrected chi connectivity index (χ2v) is 6.19. The quantitative estimate of drug-likeness (QED) is 0.840. The van der Waals surface area contributed by atoms with E-state index in [2.05, 4.69) is 15.9 Å². The van der Waals surface area contributed by atoms with Crippen molar-refractivity contribution in [3.05, 3.63) is 27.7 Å². The van der Waals surface area contributed by atoms with Gasteiger partial charge in [0.25, 0.3) is 0 Å². The highest BCUT2D eigenvalue weighted by Gasteiger charge is 2.23. The first kappa shape index (κ1) is 12.0. The van der Waals surface area contributed by atoms with Crippen LogP contribution in [0.4, 0.5) is 0 Å². The summed E-state index contributed by atoms with van der Waals surface area (Å²) in [7, 11) is -0.557. The number of benzene rings is 1. The van der Waals surface area contributed by atoms with E-state index < -0.39 is 10.0 Å². The molecule has 0 aromatic heterocycles. The molecule has 0 aliphatic carbocycles. The Bertz CT molecular complexity index is 424. The van der Waals surface area contributed by atoms with Gasteiger partial charge < -0.3 is 0 Å². The minimum Gasteiger partial charge on any atom is -0.207 e. The molecule has 0 radical (unpaired) electrons. The van der Waals surface area contributed by atoms with Crippen LogP contribution < -0.4 is 0 Å². The summed E-state index contributed by atoms with van der Waals surface area (Å²) in [6.45, 7) is 0. The summed E-state index contributed by atoms with van der Waals surface area (Å²) >= 11 is 8.98. The minimum atomic E-state index is -3.48. The second-order valence-electron chi connectivity index (χ2n) is 2.84. The molecule has 6 heteroatoms. The molecule has 0 spiro atoms. The van der Waals surface area contributed by atoms with E-state index in [0.29, 0.717) is 4.47 Å². The Morgan fingerprint density at radius 1 is 1.36 bits per heavy atom. The van der Waals surface area contributed by atoms with Crippen LogP contribution >= 0.6 is 27.5 Å². The van der Waals surface area contributed by atoms with Gasteiger partial charge in [0.15, 0.2) is 0 Å². The molecule has 0 amide bonds. The molecule has 1 aromatic rings. The Labute approximate surface area is 96.9 Å². The molecule has 0 aliphatic heterocycles. The largest absolute Gasteiger partial charge is 0.245 e. The molecular weight excluding hydrogens is 290 g/mol. The summed E-state index contributed by atoms with van der Waals surface area (Å²) in [5.41, 5.74) is 0. The van der Waals surface area contributed by atoms with E-state index >= 15 is 0 Å². The molecule has 0 N–H and O–H groups in total. The number of sulfonamides is 1. The van der Waals surface area contributed by atoms with Crippen LogP contribution in [0.2, 0.25) is 5.02 Å². The van der Waals surface area contributed by atoms with E-state index in [1.807, 2.05) is 0 Å². The van der Waals surface area contributed by atoms with Crippen molar-refractivity contribution < 1.29 is 8.42 Å². The summed E-state index contributed by atoms with van der Waals surface area (Å²) in [6, 6.07) is 4.87. The van der Waals surface area contributed by atoms with Crippen LogP contribution in [-0.4, -0.2) is 26.8 Å². The van der Waals surface area contributed by atoms with Crippen LogP contribution in [0.25, 0.3) is 0 Å². The fourth-order valence-corrected chi connectivity index (χ4v) is 3.47. The maximum atomic E-state index is 11.8. The molecule has 1 aromatic carbocycles. The first-order chi connectivity index (χ1) is 6.37. The van der Waals surface area contributed by atoms with Gasteiger partial charge in [-0.05, 0) is 28.1 Å². The lowest BCUT2D eigenvalue weighted by Crippen LogP contribution is -2.22. The molecule has 0 bridgehead atoms. The standard InChI is InChI=1S/C8H9BrClNO2S/c1-11(2)14(12,13)8-6(9)4-3-5-7(8)10/h3-5H,1-2H3. The van der Waals surface area contributed by atoms with Gasteiger partial charge in [0.05, 0.1) is 5.02 Å². The van der Waals surface area contributed by atoms with E-state index in [1.54, 1.807) is 18.2 Å². The zero-order chi connectivity index (χ0) is 10.9. The van der Waals surface area contributed by atoms with Gasteiger partial charge in [0.1, 0.15) is 4.90 Å². The van der Waals surface area contributed by atoms with Crippen LogP contribution in [0.5, 0.6) is 0 Å². The van der Waals surface area contributed by atoms with Crippen LogP contribution in [-0.2, 0) is 10.0 Å². The molecular formula is C8H9BrClNO2S. The van der Waals surface area contributed by atoms with Crippen LogP contribution in [0, 0.1) is 0 Å². The van der Waals surface area contributed by atoms with Crippen LogP contribution in [0.1, 0.15) is 0 Å². The van der Waals surface area contributed by atoms with E-state index in [-0.39, 0.29) is 9.92 Å². The predicted molar refractivity (Wildman–Crippen MR) is 60.0 cm³/mol. The second kappa shape index (κ2) is 4.18. The van der Waals surface area contributed by atoms with E-state index in [1.165, 1.54) is 14.1 Å².